The van der Waals surface area contributed by atoms with Crippen LogP contribution in [-0.2, 0) is 4.74 Å². The number of nitrogens with one attached hydrogen (secondary N) is 2. The lowest BCUT2D eigenvalue weighted by molar-refractivity contribution is 0.147. The molecule has 0 aromatic rings. The Labute approximate surface area is 84.4 Å². The standard InChI is InChI=1S/C9H18N4O/c1-14-5-4-13-3-2-12-8(7-13)6-9(10)11/h6,12H,2-5,7H2,1H3,(H3,10,11)/b8-6-. The van der Waals surface area contributed by atoms with Gasteiger partial charge in [-0.15, -0.1) is 0 Å². The zero-order valence-electron chi connectivity index (χ0n) is 8.55. The fourth-order valence-electron chi connectivity index (χ4n) is 1.45. The van der Waals surface area contributed by atoms with Gasteiger partial charge in [0.1, 0.15) is 5.84 Å². The predicted octanol–water partition coefficient (Wildman–Crippen LogP) is -0.642. The molecule has 80 valence electrons. The van der Waals surface area contributed by atoms with Gasteiger partial charge in [0, 0.05) is 39.0 Å². The van der Waals surface area contributed by atoms with Gasteiger partial charge in [-0.3, -0.25) is 10.3 Å². The molecule has 0 radical (unpaired) electrons. The molecular weight excluding hydrogens is 180 g/mol. The number of ether oxygens (including phenoxy) is 1. The average molecular weight is 198 g/mol. The highest BCUT2D eigenvalue weighted by Crippen LogP contribution is 2.01. The molecule has 0 amide bonds. The summed E-state index contributed by atoms with van der Waals surface area (Å²) in [6.07, 6.45) is 1.67. The van der Waals surface area contributed by atoms with Crippen LogP contribution in [-0.4, -0.2) is 50.6 Å². The Morgan fingerprint density at radius 3 is 3.21 bits per heavy atom. The highest BCUT2D eigenvalue weighted by molar-refractivity contribution is 5.89. The van der Waals surface area contributed by atoms with E-state index in [2.05, 4.69) is 10.2 Å². The number of rotatable bonds is 4. The molecule has 0 saturated carbocycles. The molecule has 0 aromatic carbocycles. The number of methoxy groups -OCH3 is 1. The number of piperazine rings is 1. The molecule has 1 fully saturated rings. The Kier molecular flexibility index (Phi) is 4.42. The molecule has 1 rings (SSSR count). The zero-order chi connectivity index (χ0) is 10.4. The van der Waals surface area contributed by atoms with E-state index < -0.39 is 0 Å². The van der Waals surface area contributed by atoms with Crippen LogP contribution in [0.1, 0.15) is 0 Å². The van der Waals surface area contributed by atoms with Crippen molar-refractivity contribution in [2.75, 3.05) is 39.9 Å². The van der Waals surface area contributed by atoms with Gasteiger partial charge in [0.25, 0.3) is 0 Å². The lowest BCUT2D eigenvalue weighted by atomic mass is 10.2. The van der Waals surface area contributed by atoms with E-state index in [9.17, 15) is 0 Å². The Morgan fingerprint density at radius 1 is 1.79 bits per heavy atom. The van der Waals surface area contributed by atoms with Gasteiger partial charge in [-0.1, -0.05) is 0 Å². The normalized spacial score (nSPS) is 20.8. The first-order valence-electron chi connectivity index (χ1n) is 4.72. The molecule has 0 atom stereocenters. The van der Waals surface area contributed by atoms with Crippen molar-refractivity contribution in [2.45, 2.75) is 0 Å². The van der Waals surface area contributed by atoms with Crippen molar-refractivity contribution in [1.29, 1.82) is 5.41 Å². The Morgan fingerprint density at radius 2 is 2.57 bits per heavy atom. The van der Waals surface area contributed by atoms with Crippen molar-refractivity contribution in [2.24, 2.45) is 5.73 Å². The molecule has 0 unspecified atom stereocenters. The van der Waals surface area contributed by atoms with Crippen LogP contribution < -0.4 is 11.1 Å². The van der Waals surface area contributed by atoms with E-state index in [1.54, 1.807) is 13.2 Å². The molecule has 14 heavy (non-hydrogen) atoms. The summed E-state index contributed by atoms with van der Waals surface area (Å²) in [6, 6.07) is 0. The molecule has 1 saturated heterocycles. The molecule has 1 heterocycles. The number of nitrogens with zero attached hydrogens (tertiary/aromatic N) is 1. The van der Waals surface area contributed by atoms with Crippen molar-refractivity contribution in [1.82, 2.24) is 10.2 Å². The fourth-order valence-corrected chi connectivity index (χ4v) is 1.45. The van der Waals surface area contributed by atoms with Gasteiger partial charge >= 0.3 is 0 Å². The van der Waals surface area contributed by atoms with Crippen molar-refractivity contribution >= 4 is 5.84 Å². The first-order valence-corrected chi connectivity index (χ1v) is 4.72. The van der Waals surface area contributed by atoms with Crippen LogP contribution in [0.3, 0.4) is 0 Å². The second kappa shape index (κ2) is 5.62. The molecule has 0 bridgehead atoms. The first kappa shape index (κ1) is 11.0. The number of amidine groups is 1. The van der Waals surface area contributed by atoms with E-state index in [4.69, 9.17) is 15.9 Å². The SMILES string of the molecule is COCCN1CCN/C(=C\C(=N)N)C1. The van der Waals surface area contributed by atoms with Crippen LogP contribution in [0.5, 0.6) is 0 Å². The van der Waals surface area contributed by atoms with Crippen molar-refractivity contribution in [3.8, 4) is 0 Å². The highest BCUT2D eigenvalue weighted by Gasteiger charge is 2.12. The van der Waals surface area contributed by atoms with Gasteiger partial charge in [-0.2, -0.15) is 0 Å². The quantitative estimate of drug-likeness (QED) is 0.415. The van der Waals surface area contributed by atoms with Gasteiger partial charge in [-0.05, 0) is 6.08 Å². The number of nitrogens with two attached hydrogens (primary N) is 1. The Balaban J connectivity index is 2.39. The summed E-state index contributed by atoms with van der Waals surface area (Å²) < 4.78 is 5.01. The zero-order valence-corrected chi connectivity index (χ0v) is 8.55. The van der Waals surface area contributed by atoms with Gasteiger partial charge in [-0.25, -0.2) is 0 Å². The maximum absolute atomic E-state index is 7.15. The van der Waals surface area contributed by atoms with E-state index in [0.29, 0.717) is 0 Å². The summed E-state index contributed by atoms with van der Waals surface area (Å²) in [5.41, 5.74) is 6.31. The average Bonchev–Trinajstić information content (AvgIpc) is 2.14. The minimum absolute atomic E-state index is 0.0982. The van der Waals surface area contributed by atoms with Crippen LogP contribution >= 0.6 is 0 Å². The third-order valence-electron chi connectivity index (χ3n) is 2.12. The van der Waals surface area contributed by atoms with Crippen LogP contribution in [0.2, 0.25) is 0 Å². The summed E-state index contributed by atoms with van der Waals surface area (Å²) in [5.74, 6) is 0.0982. The van der Waals surface area contributed by atoms with E-state index in [1.165, 1.54) is 0 Å². The summed E-state index contributed by atoms with van der Waals surface area (Å²) >= 11 is 0. The third kappa shape index (κ3) is 3.76. The molecular formula is C9H18N4O. The summed E-state index contributed by atoms with van der Waals surface area (Å²) in [4.78, 5) is 2.27. The molecule has 0 aromatic heterocycles. The van der Waals surface area contributed by atoms with Gasteiger partial charge in [0.15, 0.2) is 0 Å². The molecule has 4 N–H and O–H groups in total. The molecule has 5 heteroatoms. The monoisotopic (exact) mass is 198 g/mol. The fraction of sp³-hybridized carbons (Fsp3) is 0.667. The minimum atomic E-state index is 0.0982. The second-order valence-corrected chi connectivity index (χ2v) is 3.32. The smallest absolute Gasteiger partial charge is 0.117 e. The van der Waals surface area contributed by atoms with Crippen molar-refractivity contribution < 1.29 is 4.74 Å². The lowest BCUT2D eigenvalue weighted by Gasteiger charge is -2.29. The molecule has 5 nitrogen and oxygen atoms in total. The van der Waals surface area contributed by atoms with Crippen LogP contribution in [0.25, 0.3) is 0 Å². The number of hydrogen-bond acceptors (Lipinski definition) is 4. The molecule has 1 aliphatic rings. The Hall–Kier alpha value is -1.07. The first-order chi connectivity index (χ1) is 6.72. The van der Waals surface area contributed by atoms with Crippen molar-refractivity contribution in [3.63, 3.8) is 0 Å². The van der Waals surface area contributed by atoms with E-state index in [0.717, 1.165) is 38.5 Å². The third-order valence-corrected chi connectivity index (χ3v) is 2.12. The lowest BCUT2D eigenvalue weighted by Crippen LogP contribution is -2.43. The van der Waals surface area contributed by atoms with Crippen LogP contribution in [0.4, 0.5) is 0 Å². The Bertz CT molecular complexity index is 227. The van der Waals surface area contributed by atoms with Crippen LogP contribution in [0.15, 0.2) is 11.8 Å². The van der Waals surface area contributed by atoms with Gasteiger partial charge in [0.2, 0.25) is 0 Å². The summed E-state index contributed by atoms with van der Waals surface area (Å²) in [7, 11) is 1.70. The molecule has 0 aliphatic carbocycles. The van der Waals surface area contributed by atoms with E-state index >= 15 is 0 Å². The summed E-state index contributed by atoms with van der Waals surface area (Å²) in [5, 5.41) is 10.4. The topological polar surface area (TPSA) is 74.4 Å². The van der Waals surface area contributed by atoms with Crippen LogP contribution in [0, 0.1) is 5.41 Å². The highest BCUT2D eigenvalue weighted by atomic mass is 16.5. The van der Waals surface area contributed by atoms with Crippen molar-refractivity contribution in [3.05, 3.63) is 11.8 Å². The van der Waals surface area contributed by atoms with Gasteiger partial charge in [0.05, 0.1) is 6.61 Å². The van der Waals surface area contributed by atoms with E-state index in [1.807, 2.05) is 0 Å². The predicted molar refractivity (Wildman–Crippen MR) is 56.3 cm³/mol. The second-order valence-electron chi connectivity index (χ2n) is 3.32. The largest absolute Gasteiger partial charge is 0.386 e. The maximum Gasteiger partial charge on any atom is 0.117 e. The summed E-state index contributed by atoms with van der Waals surface area (Å²) in [6.45, 7) is 4.41. The molecule has 1 aliphatic heterocycles. The van der Waals surface area contributed by atoms with Gasteiger partial charge < -0.3 is 15.8 Å². The molecule has 0 spiro atoms. The minimum Gasteiger partial charge on any atom is -0.386 e. The maximum atomic E-state index is 7.15. The number of hydrogen-bond donors (Lipinski definition) is 3. The van der Waals surface area contributed by atoms with E-state index in [-0.39, 0.29) is 5.84 Å².